The Morgan fingerprint density at radius 1 is 1.40 bits per heavy atom. The minimum Gasteiger partial charge on any atom is -0.401 e. The third kappa shape index (κ3) is 2.54. The molecule has 1 aliphatic rings. The molecule has 15 heavy (non-hydrogen) atoms. The maximum Gasteiger partial charge on any atom is 0.294 e. The van der Waals surface area contributed by atoms with E-state index in [1.807, 2.05) is 13.8 Å². The van der Waals surface area contributed by atoms with Gasteiger partial charge >= 0.3 is 0 Å². The predicted molar refractivity (Wildman–Crippen MR) is 59.5 cm³/mol. The third-order valence-corrected chi connectivity index (χ3v) is 5.17. The van der Waals surface area contributed by atoms with Gasteiger partial charge in [0.25, 0.3) is 9.20 Å². The van der Waals surface area contributed by atoms with E-state index in [-0.39, 0.29) is 11.8 Å². The van der Waals surface area contributed by atoms with E-state index in [0.29, 0.717) is 12.2 Å². The van der Waals surface area contributed by atoms with Gasteiger partial charge in [-0.25, -0.2) is 0 Å². The van der Waals surface area contributed by atoms with Gasteiger partial charge in [-0.15, -0.1) is 0 Å². The summed E-state index contributed by atoms with van der Waals surface area (Å²) in [5.41, 5.74) is 0.522. The minimum absolute atomic E-state index is 0.168. The van der Waals surface area contributed by atoms with Gasteiger partial charge in [0.05, 0.1) is 0 Å². The van der Waals surface area contributed by atoms with E-state index in [1.165, 1.54) is 10.6 Å². The molecule has 1 unspecified atom stereocenters. The second kappa shape index (κ2) is 5.23. The monoisotopic (exact) mass is 227 g/mol. The molecule has 0 bridgehead atoms. The van der Waals surface area contributed by atoms with Crippen LogP contribution in [0.1, 0.15) is 27.2 Å². The number of carbonyl (C=O) groups excluding carboxylic acids is 2. The fraction of sp³-hybridized carbons (Fsp3) is 0.600. The molecule has 0 fully saturated rings. The number of hydrogen-bond donors (Lipinski definition) is 0. The topological polar surface area (TPSA) is 46.6 Å². The van der Waals surface area contributed by atoms with Crippen molar-refractivity contribution in [2.75, 3.05) is 6.61 Å². The molecule has 0 radical (unpaired) electrons. The lowest BCUT2D eigenvalue weighted by Crippen LogP contribution is -2.46. The van der Waals surface area contributed by atoms with Crippen molar-refractivity contribution < 1.29 is 14.0 Å². The zero-order valence-electron chi connectivity index (χ0n) is 9.45. The number of amides is 2. The predicted octanol–water partition coefficient (Wildman–Crippen LogP) is 0.968. The number of hydrogen-bond acceptors (Lipinski definition) is 3. The summed E-state index contributed by atoms with van der Waals surface area (Å²) in [4.78, 5) is 23.3. The second-order valence-electron chi connectivity index (χ2n) is 3.54. The Bertz CT molecular complexity index is 295. The number of imide groups is 1. The standard InChI is InChI=1S/C10H17NO3Si/c1-4-6-15(14-5-2)11-9(12)7-8(3)10(11)13/h7,15H,4-6H2,1-3H3. The maximum absolute atomic E-state index is 11.7. The number of rotatable bonds is 5. The molecule has 84 valence electrons. The van der Waals surface area contributed by atoms with Crippen LogP contribution in [0.5, 0.6) is 0 Å². The van der Waals surface area contributed by atoms with Crippen molar-refractivity contribution in [2.24, 2.45) is 0 Å². The summed E-state index contributed by atoms with van der Waals surface area (Å²) in [6, 6.07) is 0.826. The first-order valence-electron chi connectivity index (χ1n) is 5.29. The van der Waals surface area contributed by atoms with Crippen LogP contribution in [-0.2, 0) is 14.0 Å². The van der Waals surface area contributed by atoms with Gasteiger partial charge in [0.2, 0.25) is 11.8 Å². The molecule has 0 spiro atoms. The SMILES string of the molecule is CCC[SiH](OCC)N1C(=O)C=C(C)C1=O. The Balaban J connectivity index is 2.76. The lowest BCUT2D eigenvalue weighted by Gasteiger charge is -2.23. The summed E-state index contributed by atoms with van der Waals surface area (Å²) in [7, 11) is -1.86. The van der Waals surface area contributed by atoms with Crippen molar-refractivity contribution in [1.29, 1.82) is 0 Å². The summed E-state index contributed by atoms with van der Waals surface area (Å²) in [5, 5.41) is 0. The highest BCUT2D eigenvalue weighted by molar-refractivity contribution is 6.58. The first-order chi connectivity index (χ1) is 7.11. The molecule has 1 heterocycles. The van der Waals surface area contributed by atoms with E-state index in [9.17, 15) is 9.59 Å². The Morgan fingerprint density at radius 2 is 2.07 bits per heavy atom. The molecule has 5 heteroatoms. The largest absolute Gasteiger partial charge is 0.401 e. The summed E-state index contributed by atoms with van der Waals surface area (Å²) in [6.45, 7) is 6.15. The molecule has 2 amide bonds. The van der Waals surface area contributed by atoms with Crippen molar-refractivity contribution in [2.45, 2.75) is 33.2 Å². The van der Waals surface area contributed by atoms with Crippen molar-refractivity contribution >= 4 is 21.0 Å². The van der Waals surface area contributed by atoms with Crippen LogP contribution in [0.4, 0.5) is 0 Å². The van der Waals surface area contributed by atoms with E-state index in [2.05, 4.69) is 0 Å². The van der Waals surface area contributed by atoms with Crippen LogP contribution in [0.15, 0.2) is 11.6 Å². The molecule has 0 aromatic rings. The molecule has 0 aromatic heterocycles. The first kappa shape index (κ1) is 12.1. The highest BCUT2D eigenvalue weighted by Crippen LogP contribution is 2.17. The lowest BCUT2D eigenvalue weighted by molar-refractivity contribution is -0.132. The molecule has 0 N–H and O–H groups in total. The number of nitrogens with zero attached hydrogens (tertiary/aromatic N) is 1. The summed E-state index contributed by atoms with van der Waals surface area (Å²) >= 11 is 0. The average Bonchev–Trinajstić information content (AvgIpc) is 2.41. The van der Waals surface area contributed by atoms with Crippen LogP contribution in [-0.4, -0.2) is 32.2 Å². The molecule has 0 aromatic carbocycles. The molecule has 0 saturated carbocycles. The first-order valence-corrected chi connectivity index (χ1v) is 7.09. The highest BCUT2D eigenvalue weighted by atomic mass is 28.3. The molecule has 1 aliphatic heterocycles. The van der Waals surface area contributed by atoms with Gasteiger partial charge in [-0.1, -0.05) is 13.3 Å². The molecule has 1 rings (SSSR count). The van der Waals surface area contributed by atoms with Gasteiger partial charge in [0.15, 0.2) is 0 Å². The van der Waals surface area contributed by atoms with E-state index in [1.54, 1.807) is 6.92 Å². The zero-order chi connectivity index (χ0) is 11.4. The van der Waals surface area contributed by atoms with Gasteiger partial charge in [0, 0.05) is 18.3 Å². The smallest absolute Gasteiger partial charge is 0.294 e. The molecule has 0 saturated heterocycles. The van der Waals surface area contributed by atoms with Gasteiger partial charge < -0.3 is 4.43 Å². The van der Waals surface area contributed by atoms with Crippen LogP contribution in [0.3, 0.4) is 0 Å². The van der Waals surface area contributed by atoms with Crippen molar-refractivity contribution in [3.63, 3.8) is 0 Å². The normalized spacial score (nSPS) is 18.3. The average molecular weight is 227 g/mol. The van der Waals surface area contributed by atoms with E-state index >= 15 is 0 Å². The van der Waals surface area contributed by atoms with E-state index in [0.717, 1.165) is 12.5 Å². The summed E-state index contributed by atoms with van der Waals surface area (Å²) < 4.78 is 6.89. The van der Waals surface area contributed by atoms with Crippen LogP contribution >= 0.6 is 0 Å². The Morgan fingerprint density at radius 3 is 2.47 bits per heavy atom. The molecule has 4 nitrogen and oxygen atoms in total. The highest BCUT2D eigenvalue weighted by Gasteiger charge is 2.35. The van der Waals surface area contributed by atoms with E-state index in [4.69, 9.17) is 4.43 Å². The molecule has 0 aliphatic carbocycles. The fourth-order valence-corrected chi connectivity index (χ4v) is 3.88. The van der Waals surface area contributed by atoms with E-state index < -0.39 is 9.20 Å². The lowest BCUT2D eigenvalue weighted by atomic mass is 10.3. The van der Waals surface area contributed by atoms with Crippen LogP contribution in [0, 0.1) is 0 Å². The summed E-state index contributed by atoms with van der Waals surface area (Å²) in [5.74, 6) is -0.366. The fourth-order valence-electron chi connectivity index (χ4n) is 1.61. The van der Waals surface area contributed by atoms with Crippen molar-refractivity contribution in [1.82, 2.24) is 4.57 Å². The maximum atomic E-state index is 11.7. The quantitative estimate of drug-likeness (QED) is 0.519. The molecular formula is C10H17NO3Si. The Labute approximate surface area is 91.7 Å². The molecule has 1 atom stereocenters. The minimum atomic E-state index is -1.86. The van der Waals surface area contributed by atoms with Gasteiger partial charge in [0.1, 0.15) is 0 Å². The molecular weight excluding hydrogens is 210 g/mol. The Hall–Kier alpha value is -0.943. The van der Waals surface area contributed by atoms with Crippen molar-refractivity contribution in [3.8, 4) is 0 Å². The van der Waals surface area contributed by atoms with Gasteiger partial charge in [-0.2, -0.15) is 0 Å². The zero-order valence-corrected chi connectivity index (χ0v) is 10.6. The van der Waals surface area contributed by atoms with Gasteiger partial charge in [-0.3, -0.25) is 14.2 Å². The number of carbonyl (C=O) groups is 2. The third-order valence-electron chi connectivity index (χ3n) is 2.32. The van der Waals surface area contributed by atoms with Crippen LogP contribution in [0.25, 0.3) is 0 Å². The Kier molecular flexibility index (Phi) is 4.23. The van der Waals surface area contributed by atoms with Crippen LogP contribution < -0.4 is 0 Å². The summed E-state index contributed by atoms with van der Waals surface area (Å²) in [6.07, 6.45) is 2.34. The van der Waals surface area contributed by atoms with Crippen molar-refractivity contribution in [3.05, 3.63) is 11.6 Å². The second-order valence-corrected chi connectivity index (χ2v) is 5.88. The van der Waals surface area contributed by atoms with Gasteiger partial charge in [-0.05, 0) is 19.9 Å². The van der Waals surface area contributed by atoms with Crippen LogP contribution in [0.2, 0.25) is 6.04 Å².